The zero-order valence-electron chi connectivity index (χ0n) is 12.8. The van der Waals surface area contributed by atoms with E-state index in [1.807, 2.05) is 4.90 Å². The molecule has 0 amide bonds. The Balaban J connectivity index is 1.65. The summed E-state index contributed by atoms with van der Waals surface area (Å²) < 4.78 is 31.9. The summed E-state index contributed by atoms with van der Waals surface area (Å²) in [4.78, 5) is 12.4. The standard InChI is InChI=1S/C17H16F2N2O3/c18-12-1-4-14(5-2-12)24-15-7-9-20(10-8-15)16-6-3-13(19)11-17(16)21(22)23/h1-6,11,15H,7-10H2. The molecule has 0 atom stereocenters. The molecule has 1 aliphatic rings. The summed E-state index contributed by atoms with van der Waals surface area (Å²) in [6.07, 6.45) is 1.31. The van der Waals surface area contributed by atoms with Crippen molar-refractivity contribution in [3.63, 3.8) is 0 Å². The van der Waals surface area contributed by atoms with Gasteiger partial charge < -0.3 is 9.64 Å². The van der Waals surface area contributed by atoms with E-state index in [1.165, 1.54) is 24.3 Å². The van der Waals surface area contributed by atoms with Crippen molar-refractivity contribution in [2.24, 2.45) is 0 Å². The molecule has 24 heavy (non-hydrogen) atoms. The van der Waals surface area contributed by atoms with Gasteiger partial charge in [-0.05, 0) is 36.4 Å². The van der Waals surface area contributed by atoms with E-state index in [-0.39, 0.29) is 17.6 Å². The lowest BCUT2D eigenvalue weighted by molar-refractivity contribution is -0.384. The zero-order valence-corrected chi connectivity index (χ0v) is 12.8. The Morgan fingerprint density at radius 1 is 1.04 bits per heavy atom. The first-order chi connectivity index (χ1) is 11.5. The van der Waals surface area contributed by atoms with Gasteiger partial charge in [-0.1, -0.05) is 0 Å². The van der Waals surface area contributed by atoms with Crippen LogP contribution < -0.4 is 9.64 Å². The van der Waals surface area contributed by atoms with E-state index in [1.54, 1.807) is 12.1 Å². The van der Waals surface area contributed by atoms with Gasteiger partial charge in [-0.2, -0.15) is 0 Å². The molecule has 1 aliphatic heterocycles. The van der Waals surface area contributed by atoms with E-state index in [9.17, 15) is 18.9 Å². The van der Waals surface area contributed by atoms with Crippen LogP contribution in [-0.4, -0.2) is 24.1 Å². The fourth-order valence-electron chi connectivity index (χ4n) is 2.83. The highest BCUT2D eigenvalue weighted by atomic mass is 19.1. The number of hydrogen-bond acceptors (Lipinski definition) is 4. The average Bonchev–Trinajstić information content (AvgIpc) is 2.58. The van der Waals surface area contributed by atoms with Gasteiger partial charge in [0.25, 0.3) is 5.69 Å². The van der Waals surface area contributed by atoms with E-state index < -0.39 is 10.7 Å². The average molecular weight is 334 g/mol. The van der Waals surface area contributed by atoms with Crippen LogP contribution in [0.25, 0.3) is 0 Å². The van der Waals surface area contributed by atoms with Crippen molar-refractivity contribution in [1.29, 1.82) is 0 Å². The molecule has 0 aromatic heterocycles. The van der Waals surface area contributed by atoms with E-state index in [0.29, 0.717) is 37.4 Å². The molecule has 126 valence electrons. The van der Waals surface area contributed by atoms with Crippen molar-refractivity contribution in [3.05, 3.63) is 64.2 Å². The number of hydrogen-bond donors (Lipinski definition) is 0. The Hall–Kier alpha value is -2.70. The third kappa shape index (κ3) is 3.61. The molecule has 5 nitrogen and oxygen atoms in total. The highest BCUT2D eigenvalue weighted by Gasteiger charge is 2.26. The van der Waals surface area contributed by atoms with Crippen molar-refractivity contribution < 1.29 is 18.4 Å². The second kappa shape index (κ2) is 6.82. The smallest absolute Gasteiger partial charge is 0.295 e. The van der Waals surface area contributed by atoms with Crippen LogP contribution in [0, 0.1) is 21.7 Å². The fourth-order valence-corrected chi connectivity index (χ4v) is 2.83. The van der Waals surface area contributed by atoms with Crippen molar-refractivity contribution in [2.45, 2.75) is 18.9 Å². The predicted octanol–water partition coefficient (Wildman–Crippen LogP) is 3.92. The highest BCUT2D eigenvalue weighted by molar-refractivity contribution is 5.63. The molecular formula is C17H16F2N2O3. The highest BCUT2D eigenvalue weighted by Crippen LogP contribution is 2.31. The molecule has 0 bridgehead atoms. The first-order valence-electron chi connectivity index (χ1n) is 7.64. The molecule has 0 spiro atoms. The van der Waals surface area contributed by atoms with Crippen molar-refractivity contribution in [1.82, 2.24) is 0 Å². The second-order valence-corrected chi connectivity index (χ2v) is 5.65. The summed E-state index contributed by atoms with van der Waals surface area (Å²) in [5.74, 6) is -0.344. The van der Waals surface area contributed by atoms with Crippen LogP contribution in [0.4, 0.5) is 20.2 Å². The predicted molar refractivity (Wildman–Crippen MR) is 85.3 cm³/mol. The van der Waals surface area contributed by atoms with Crippen molar-refractivity contribution in [2.75, 3.05) is 18.0 Å². The van der Waals surface area contributed by atoms with Gasteiger partial charge in [0, 0.05) is 25.9 Å². The molecule has 1 saturated heterocycles. The number of benzene rings is 2. The monoisotopic (exact) mass is 334 g/mol. The van der Waals surface area contributed by atoms with Gasteiger partial charge in [0.2, 0.25) is 0 Å². The van der Waals surface area contributed by atoms with Crippen LogP contribution in [0.1, 0.15) is 12.8 Å². The molecule has 0 radical (unpaired) electrons. The maximum Gasteiger partial charge on any atom is 0.295 e. The Morgan fingerprint density at radius 3 is 2.29 bits per heavy atom. The molecule has 3 rings (SSSR count). The summed E-state index contributed by atoms with van der Waals surface area (Å²) >= 11 is 0. The summed E-state index contributed by atoms with van der Waals surface area (Å²) in [5, 5.41) is 11.1. The number of nitro groups is 1. The first-order valence-corrected chi connectivity index (χ1v) is 7.64. The van der Waals surface area contributed by atoms with Crippen molar-refractivity contribution in [3.8, 4) is 5.75 Å². The van der Waals surface area contributed by atoms with Crippen LogP contribution in [0.5, 0.6) is 5.75 Å². The SMILES string of the molecule is O=[N+]([O-])c1cc(F)ccc1N1CCC(Oc2ccc(F)cc2)CC1. The normalized spacial score (nSPS) is 15.3. The van der Waals surface area contributed by atoms with E-state index in [0.717, 1.165) is 6.07 Å². The molecule has 0 unspecified atom stereocenters. The van der Waals surface area contributed by atoms with Crippen LogP contribution in [0.3, 0.4) is 0 Å². The number of piperidine rings is 1. The second-order valence-electron chi connectivity index (χ2n) is 5.65. The topological polar surface area (TPSA) is 55.6 Å². The van der Waals surface area contributed by atoms with E-state index in [2.05, 4.69) is 0 Å². The Morgan fingerprint density at radius 2 is 1.67 bits per heavy atom. The molecule has 2 aromatic rings. The summed E-state index contributed by atoms with van der Waals surface area (Å²) in [5.41, 5.74) is 0.189. The van der Waals surface area contributed by atoms with Gasteiger partial charge in [-0.3, -0.25) is 10.1 Å². The Kier molecular flexibility index (Phi) is 4.59. The molecular weight excluding hydrogens is 318 g/mol. The zero-order chi connectivity index (χ0) is 17.1. The minimum absolute atomic E-state index is 0.0359. The van der Waals surface area contributed by atoms with Gasteiger partial charge >= 0.3 is 0 Å². The maximum atomic E-state index is 13.2. The van der Waals surface area contributed by atoms with Crippen LogP contribution in [0.2, 0.25) is 0 Å². The number of nitrogens with zero attached hydrogens (tertiary/aromatic N) is 2. The summed E-state index contributed by atoms with van der Waals surface area (Å²) in [6.45, 7) is 1.14. The molecule has 0 aliphatic carbocycles. The minimum Gasteiger partial charge on any atom is -0.490 e. The number of halogens is 2. The van der Waals surface area contributed by atoms with Gasteiger partial charge in [0.05, 0.1) is 11.0 Å². The third-order valence-corrected chi connectivity index (χ3v) is 4.03. The quantitative estimate of drug-likeness (QED) is 0.628. The minimum atomic E-state index is -0.625. The third-order valence-electron chi connectivity index (χ3n) is 4.03. The van der Waals surface area contributed by atoms with Gasteiger partial charge in [-0.15, -0.1) is 0 Å². The first kappa shape index (κ1) is 16.2. The largest absolute Gasteiger partial charge is 0.490 e. The van der Waals surface area contributed by atoms with Crippen LogP contribution in [-0.2, 0) is 0 Å². The van der Waals surface area contributed by atoms with Gasteiger partial charge in [0.1, 0.15) is 29.2 Å². The number of ether oxygens (including phenoxy) is 1. The lowest BCUT2D eigenvalue weighted by atomic mass is 10.1. The van der Waals surface area contributed by atoms with Crippen molar-refractivity contribution >= 4 is 11.4 Å². The summed E-state index contributed by atoms with van der Waals surface area (Å²) in [7, 11) is 0. The molecule has 2 aromatic carbocycles. The molecule has 1 heterocycles. The van der Waals surface area contributed by atoms with Gasteiger partial charge in [-0.25, -0.2) is 8.78 Å². The van der Waals surface area contributed by atoms with E-state index >= 15 is 0 Å². The lowest BCUT2D eigenvalue weighted by Crippen LogP contribution is -2.38. The fraction of sp³-hybridized carbons (Fsp3) is 0.294. The summed E-state index contributed by atoms with van der Waals surface area (Å²) in [6, 6.07) is 9.44. The van der Waals surface area contributed by atoms with E-state index in [4.69, 9.17) is 4.74 Å². The number of rotatable bonds is 4. The molecule has 1 fully saturated rings. The van der Waals surface area contributed by atoms with Gasteiger partial charge in [0.15, 0.2) is 0 Å². The molecule has 0 saturated carbocycles. The Bertz CT molecular complexity index is 729. The number of nitro benzene ring substituents is 1. The Labute approximate surface area is 137 Å². The molecule has 0 N–H and O–H groups in total. The van der Waals surface area contributed by atoms with Crippen LogP contribution >= 0.6 is 0 Å². The number of anilines is 1. The maximum absolute atomic E-state index is 13.2. The molecule has 7 heteroatoms. The van der Waals surface area contributed by atoms with Crippen LogP contribution in [0.15, 0.2) is 42.5 Å². The lowest BCUT2D eigenvalue weighted by Gasteiger charge is -2.33.